The van der Waals surface area contributed by atoms with Gasteiger partial charge in [0.15, 0.2) is 0 Å². The van der Waals surface area contributed by atoms with Gasteiger partial charge >= 0.3 is 5.97 Å². The molecule has 0 aliphatic carbocycles. The van der Waals surface area contributed by atoms with Gasteiger partial charge in [0.25, 0.3) is 5.91 Å². The van der Waals surface area contributed by atoms with Crippen LogP contribution in [-0.2, 0) is 11.2 Å². The first-order valence-corrected chi connectivity index (χ1v) is 12.9. The summed E-state index contributed by atoms with van der Waals surface area (Å²) in [6.07, 6.45) is 6.96. The van der Waals surface area contributed by atoms with Gasteiger partial charge in [-0.1, -0.05) is 23.7 Å². The summed E-state index contributed by atoms with van der Waals surface area (Å²) in [7, 11) is 0. The number of amides is 1. The number of anilines is 1. The first-order chi connectivity index (χ1) is 18.5. The van der Waals surface area contributed by atoms with E-state index in [2.05, 4.69) is 14.9 Å². The molecule has 3 heterocycles. The molecule has 2 aromatic heterocycles. The highest BCUT2D eigenvalue weighted by Gasteiger charge is 2.23. The lowest BCUT2D eigenvalue weighted by Gasteiger charge is -2.35. The van der Waals surface area contributed by atoms with E-state index in [1.807, 2.05) is 35.2 Å². The summed E-state index contributed by atoms with van der Waals surface area (Å²) in [6.45, 7) is 2.54. The number of benzene rings is 2. The Labute approximate surface area is 225 Å². The van der Waals surface area contributed by atoms with Crippen LogP contribution in [0.3, 0.4) is 0 Å². The fourth-order valence-corrected chi connectivity index (χ4v) is 4.71. The van der Waals surface area contributed by atoms with Gasteiger partial charge in [-0.3, -0.25) is 14.6 Å². The van der Waals surface area contributed by atoms with E-state index in [4.69, 9.17) is 26.7 Å². The van der Waals surface area contributed by atoms with E-state index >= 15 is 0 Å². The van der Waals surface area contributed by atoms with Gasteiger partial charge in [0.05, 0.1) is 28.6 Å². The third kappa shape index (κ3) is 5.89. The normalized spacial score (nSPS) is 13.6. The van der Waals surface area contributed by atoms with Crippen molar-refractivity contribution in [1.82, 2.24) is 24.8 Å². The molecule has 0 saturated carbocycles. The summed E-state index contributed by atoms with van der Waals surface area (Å²) in [5, 5.41) is 9.62. The smallest absolute Gasteiger partial charge is 0.303 e. The molecule has 1 aliphatic rings. The van der Waals surface area contributed by atoms with Crippen LogP contribution in [0.25, 0.3) is 22.3 Å². The lowest BCUT2D eigenvalue weighted by Crippen LogP contribution is -2.49. The largest absolute Gasteiger partial charge is 0.481 e. The number of hydrogen-bond donors (Lipinski definition) is 1. The molecule has 194 valence electrons. The van der Waals surface area contributed by atoms with E-state index < -0.39 is 5.97 Å². The second kappa shape index (κ2) is 11.5. The number of hydrogen-bond acceptors (Lipinski definition) is 7. The summed E-state index contributed by atoms with van der Waals surface area (Å²) in [5.41, 5.74) is 4.29. The molecule has 10 heteroatoms. The van der Waals surface area contributed by atoms with E-state index in [1.165, 1.54) is 0 Å². The van der Waals surface area contributed by atoms with Crippen molar-refractivity contribution in [2.75, 3.05) is 31.1 Å². The quantitative estimate of drug-likeness (QED) is 0.331. The van der Waals surface area contributed by atoms with Crippen LogP contribution in [0.5, 0.6) is 0 Å². The number of halogens is 1. The monoisotopic (exact) mass is 530 g/mol. The van der Waals surface area contributed by atoms with Crippen LogP contribution in [0.15, 0.2) is 61.1 Å². The maximum atomic E-state index is 13.3. The van der Waals surface area contributed by atoms with Crippen molar-refractivity contribution in [3.05, 3.63) is 77.3 Å². The number of unbranched alkanes of at least 4 members (excludes halogenated alkanes) is 1. The molecule has 1 saturated heterocycles. The predicted octanol–water partition coefficient (Wildman–Crippen LogP) is 4.50. The average molecular weight is 531 g/mol. The van der Waals surface area contributed by atoms with E-state index in [-0.39, 0.29) is 12.3 Å². The van der Waals surface area contributed by atoms with Crippen molar-refractivity contribution in [2.24, 2.45) is 0 Å². The number of rotatable bonds is 8. The van der Waals surface area contributed by atoms with Crippen LogP contribution in [-0.4, -0.2) is 68.0 Å². The zero-order valence-electron chi connectivity index (χ0n) is 20.8. The summed E-state index contributed by atoms with van der Waals surface area (Å²) in [6, 6.07) is 12.8. The van der Waals surface area contributed by atoms with Gasteiger partial charge in [-0.2, -0.15) is 0 Å². The summed E-state index contributed by atoms with van der Waals surface area (Å²) >= 11 is 6.08. The molecule has 1 fully saturated rings. The Balaban J connectivity index is 1.37. The second-order valence-electron chi connectivity index (χ2n) is 9.17. The highest BCUT2D eigenvalue weighted by molar-refractivity contribution is 6.30. The Morgan fingerprint density at radius 2 is 1.71 bits per heavy atom. The van der Waals surface area contributed by atoms with Gasteiger partial charge in [-0.15, -0.1) is 0 Å². The summed E-state index contributed by atoms with van der Waals surface area (Å²) < 4.78 is 0. The fraction of sp³-hybridized carbons (Fsp3) is 0.286. The van der Waals surface area contributed by atoms with Crippen molar-refractivity contribution in [2.45, 2.75) is 25.7 Å². The number of aryl methyl sites for hydroxylation is 1. The molecule has 0 bridgehead atoms. The van der Waals surface area contributed by atoms with Crippen molar-refractivity contribution < 1.29 is 14.7 Å². The zero-order chi connectivity index (χ0) is 26.5. The lowest BCUT2D eigenvalue weighted by atomic mass is 10.0. The van der Waals surface area contributed by atoms with E-state index in [0.29, 0.717) is 67.1 Å². The second-order valence-corrected chi connectivity index (χ2v) is 9.61. The Kier molecular flexibility index (Phi) is 7.74. The molecule has 4 aromatic rings. The van der Waals surface area contributed by atoms with Gasteiger partial charge < -0.3 is 14.9 Å². The minimum atomic E-state index is -0.812. The van der Waals surface area contributed by atoms with Gasteiger partial charge in [0, 0.05) is 61.1 Å². The Morgan fingerprint density at radius 1 is 0.921 bits per heavy atom. The molecule has 1 aliphatic heterocycles. The number of carboxylic acid groups (broad SMARTS) is 1. The Bertz CT molecular complexity index is 1440. The van der Waals surface area contributed by atoms with Crippen molar-refractivity contribution in [3.63, 3.8) is 0 Å². The molecule has 38 heavy (non-hydrogen) atoms. The average Bonchev–Trinajstić information content (AvgIpc) is 2.95. The summed E-state index contributed by atoms with van der Waals surface area (Å²) in [4.78, 5) is 46.5. The van der Waals surface area contributed by atoms with Gasteiger partial charge in [0.1, 0.15) is 5.82 Å². The molecule has 0 atom stereocenters. The van der Waals surface area contributed by atoms with Gasteiger partial charge in [-0.25, -0.2) is 15.0 Å². The molecule has 2 aromatic carbocycles. The third-order valence-corrected chi connectivity index (χ3v) is 6.85. The van der Waals surface area contributed by atoms with Crippen LogP contribution < -0.4 is 4.90 Å². The topological polar surface area (TPSA) is 112 Å². The zero-order valence-corrected chi connectivity index (χ0v) is 21.5. The van der Waals surface area contributed by atoms with Crippen molar-refractivity contribution >= 4 is 40.3 Å². The Morgan fingerprint density at radius 3 is 2.42 bits per heavy atom. The molecule has 0 unspecified atom stereocenters. The first kappa shape index (κ1) is 25.5. The molecule has 0 radical (unpaired) electrons. The van der Waals surface area contributed by atoms with Gasteiger partial charge in [-0.05, 0) is 49.6 Å². The van der Waals surface area contributed by atoms with Crippen LogP contribution in [0.2, 0.25) is 5.02 Å². The number of carbonyl (C=O) groups is 2. The lowest BCUT2D eigenvalue weighted by molar-refractivity contribution is -0.137. The number of nitrogens with zero attached hydrogens (tertiary/aromatic N) is 6. The first-order valence-electron chi connectivity index (χ1n) is 12.6. The van der Waals surface area contributed by atoms with Crippen LogP contribution in [0.1, 0.15) is 35.3 Å². The highest BCUT2D eigenvalue weighted by atomic mass is 35.5. The number of aliphatic carboxylic acids is 1. The standard InChI is InChI=1S/C28H27ClN6O3/c29-21-8-5-19(6-9-21)27-23(3-1-2-4-26(36)37)32-24-17-20(7-10-22(24)33-27)28(38)35-15-13-34(14-16-35)25-18-30-11-12-31-25/h5-12,17-18H,1-4,13-16H2,(H,36,37). The van der Waals surface area contributed by atoms with Crippen LogP contribution in [0.4, 0.5) is 5.82 Å². The minimum absolute atomic E-state index is 0.0442. The molecular formula is C28H27ClN6O3. The Hall–Kier alpha value is -4.11. The third-order valence-electron chi connectivity index (χ3n) is 6.60. The number of aromatic nitrogens is 4. The number of carboxylic acids is 1. The number of fused-ring (bicyclic) bond motifs is 1. The maximum absolute atomic E-state index is 13.3. The number of piperazine rings is 1. The van der Waals surface area contributed by atoms with Crippen LogP contribution in [0, 0.1) is 0 Å². The van der Waals surface area contributed by atoms with Crippen molar-refractivity contribution in [1.29, 1.82) is 0 Å². The van der Waals surface area contributed by atoms with Crippen LogP contribution >= 0.6 is 11.6 Å². The van der Waals surface area contributed by atoms with E-state index in [9.17, 15) is 9.59 Å². The summed E-state index contributed by atoms with van der Waals surface area (Å²) in [5.74, 6) is -0.0431. The molecular weight excluding hydrogens is 504 g/mol. The van der Waals surface area contributed by atoms with E-state index in [1.54, 1.807) is 30.7 Å². The minimum Gasteiger partial charge on any atom is -0.481 e. The maximum Gasteiger partial charge on any atom is 0.303 e. The fourth-order valence-electron chi connectivity index (χ4n) is 4.58. The van der Waals surface area contributed by atoms with Gasteiger partial charge in [0.2, 0.25) is 0 Å². The van der Waals surface area contributed by atoms with Crippen molar-refractivity contribution in [3.8, 4) is 11.3 Å². The molecule has 1 N–H and O–H groups in total. The molecule has 0 spiro atoms. The van der Waals surface area contributed by atoms with E-state index in [0.717, 1.165) is 22.8 Å². The molecule has 9 nitrogen and oxygen atoms in total. The SMILES string of the molecule is O=C(O)CCCCc1nc2cc(C(=O)N3CCN(c4cnccn4)CC3)ccc2nc1-c1ccc(Cl)cc1. The predicted molar refractivity (Wildman–Crippen MR) is 145 cm³/mol. The highest BCUT2D eigenvalue weighted by Crippen LogP contribution is 2.27. The molecule has 5 rings (SSSR count). The molecule has 1 amide bonds. The number of carbonyl (C=O) groups excluding carboxylic acids is 1.